The zero-order valence-electron chi connectivity index (χ0n) is 10.7. The Kier molecular flexibility index (Phi) is 3.52. The molecule has 2 nitrogen and oxygen atoms in total. The van der Waals surface area contributed by atoms with Crippen LogP contribution < -0.4 is 4.74 Å². The van der Waals surface area contributed by atoms with E-state index in [1.165, 1.54) is 16.5 Å². The van der Waals surface area contributed by atoms with E-state index in [4.69, 9.17) is 4.74 Å². The predicted octanol–water partition coefficient (Wildman–Crippen LogP) is 4.25. The molecule has 2 rings (SSSR count). The maximum absolute atomic E-state index is 5.29. The maximum atomic E-state index is 5.29. The number of allylic oxidation sites excluding steroid dienone is 2. The molecule has 0 radical (unpaired) electrons. The second-order valence-electron chi connectivity index (χ2n) is 4.20. The summed E-state index contributed by atoms with van der Waals surface area (Å²) in [6.07, 6.45) is 7.59. The van der Waals surface area contributed by atoms with Gasteiger partial charge in [0.2, 0.25) is 0 Å². The molecular weight excluding hydrogens is 210 g/mol. The monoisotopic (exact) mass is 229 g/mol. The Balaban J connectivity index is 2.53. The number of hydrogen-bond donors (Lipinski definition) is 1. The van der Waals surface area contributed by atoms with Crippen LogP contribution in [-0.4, -0.2) is 12.1 Å². The first-order chi connectivity index (χ1) is 8.30. The summed E-state index contributed by atoms with van der Waals surface area (Å²) in [6.45, 7) is 4.28. The molecule has 1 atom stereocenters. The van der Waals surface area contributed by atoms with Crippen LogP contribution >= 0.6 is 0 Å². The number of aromatic amines is 1. The van der Waals surface area contributed by atoms with Gasteiger partial charge in [-0.3, -0.25) is 0 Å². The van der Waals surface area contributed by atoms with Gasteiger partial charge in [-0.2, -0.15) is 0 Å². The van der Waals surface area contributed by atoms with E-state index in [0.717, 1.165) is 12.2 Å². The minimum atomic E-state index is 0.473. The fourth-order valence-corrected chi connectivity index (χ4v) is 2.25. The smallest absolute Gasteiger partial charge is 0.119 e. The number of nitrogens with one attached hydrogen (secondary N) is 1. The molecule has 0 bridgehead atoms. The van der Waals surface area contributed by atoms with Crippen LogP contribution in [-0.2, 0) is 0 Å². The highest BCUT2D eigenvalue weighted by atomic mass is 16.5. The van der Waals surface area contributed by atoms with Crippen LogP contribution in [0.4, 0.5) is 0 Å². The number of methoxy groups -OCH3 is 1. The van der Waals surface area contributed by atoms with Crippen molar-refractivity contribution < 1.29 is 4.74 Å². The number of H-pyrrole nitrogens is 1. The molecule has 0 saturated heterocycles. The summed E-state index contributed by atoms with van der Waals surface area (Å²) in [5.41, 5.74) is 2.52. The Hall–Kier alpha value is -1.70. The van der Waals surface area contributed by atoms with Gasteiger partial charge in [0.05, 0.1) is 7.11 Å². The van der Waals surface area contributed by atoms with Gasteiger partial charge in [0.25, 0.3) is 0 Å². The Morgan fingerprint density at radius 1 is 1.41 bits per heavy atom. The van der Waals surface area contributed by atoms with Crippen LogP contribution in [0.25, 0.3) is 10.9 Å². The van der Waals surface area contributed by atoms with Crippen LogP contribution in [0, 0.1) is 0 Å². The Morgan fingerprint density at radius 3 is 2.88 bits per heavy atom. The van der Waals surface area contributed by atoms with Crippen LogP contribution in [0.1, 0.15) is 31.7 Å². The van der Waals surface area contributed by atoms with Crippen LogP contribution in [0.15, 0.2) is 36.5 Å². The molecule has 90 valence electrons. The van der Waals surface area contributed by atoms with Crippen molar-refractivity contribution in [1.82, 2.24) is 4.98 Å². The molecular formula is C15H19NO. The number of fused-ring (bicyclic) bond motifs is 1. The van der Waals surface area contributed by atoms with Gasteiger partial charge in [-0.1, -0.05) is 19.1 Å². The second kappa shape index (κ2) is 5.09. The zero-order chi connectivity index (χ0) is 12.3. The molecule has 0 saturated carbocycles. The highest BCUT2D eigenvalue weighted by Crippen LogP contribution is 2.31. The molecule has 1 aromatic heterocycles. The average Bonchev–Trinajstić information content (AvgIpc) is 2.78. The van der Waals surface area contributed by atoms with Crippen molar-refractivity contribution in [3.8, 4) is 5.75 Å². The molecule has 0 aliphatic carbocycles. The standard InChI is InChI=1S/C15H19NO/c1-4-6-11(5-2)14-10-16-15-8-7-12(17-3)9-13(14)15/h4,6-11,16H,5H2,1-3H3/b6-4-. The lowest BCUT2D eigenvalue weighted by molar-refractivity contribution is 0.415. The van der Waals surface area contributed by atoms with E-state index in [1.807, 2.05) is 6.07 Å². The van der Waals surface area contributed by atoms with Gasteiger partial charge in [0.15, 0.2) is 0 Å². The summed E-state index contributed by atoms with van der Waals surface area (Å²) in [4.78, 5) is 3.32. The molecule has 17 heavy (non-hydrogen) atoms. The first-order valence-electron chi connectivity index (χ1n) is 6.08. The lowest BCUT2D eigenvalue weighted by atomic mass is 9.95. The number of hydrogen-bond acceptors (Lipinski definition) is 1. The van der Waals surface area contributed by atoms with Gasteiger partial charge in [-0.05, 0) is 37.1 Å². The molecule has 0 spiro atoms. The molecule has 1 unspecified atom stereocenters. The average molecular weight is 229 g/mol. The first-order valence-corrected chi connectivity index (χ1v) is 6.08. The van der Waals surface area contributed by atoms with E-state index >= 15 is 0 Å². The van der Waals surface area contributed by atoms with Gasteiger partial charge in [-0.25, -0.2) is 0 Å². The molecule has 2 heteroatoms. The molecule has 0 aliphatic heterocycles. The summed E-state index contributed by atoms with van der Waals surface area (Å²) in [5.74, 6) is 1.38. The summed E-state index contributed by atoms with van der Waals surface area (Å²) in [7, 11) is 1.71. The van der Waals surface area contributed by atoms with E-state index in [1.54, 1.807) is 7.11 Å². The Bertz CT molecular complexity index is 525. The lowest BCUT2D eigenvalue weighted by Crippen LogP contribution is -1.91. The molecule has 1 aromatic carbocycles. The molecule has 2 aromatic rings. The third-order valence-electron chi connectivity index (χ3n) is 3.18. The van der Waals surface area contributed by atoms with Crippen molar-refractivity contribution in [1.29, 1.82) is 0 Å². The normalized spacial score (nSPS) is 13.4. The van der Waals surface area contributed by atoms with Crippen LogP contribution in [0.3, 0.4) is 0 Å². The van der Waals surface area contributed by atoms with Crippen LogP contribution in [0.2, 0.25) is 0 Å². The fourth-order valence-electron chi connectivity index (χ4n) is 2.25. The van der Waals surface area contributed by atoms with Crippen molar-refractivity contribution in [3.63, 3.8) is 0 Å². The molecule has 0 fully saturated rings. The summed E-state index contributed by atoms with van der Waals surface area (Å²) >= 11 is 0. The predicted molar refractivity (Wildman–Crippen MR) is 72.7 cm³/mol. The van der Waals surface area contributed by atoms with Crippen molar-refractivity contribution in [2.24, 2.45) is 0 Å². The second-order valence-corrected chi connectivity index (χ2v) is 4.20. The SMILES string of the molecule is C/C=C\C(CC)c1c[nH]c2ccc(OC)cc12. The minimum Gasteiger partial charge on any atom is -0.497 e. The number of ether oxygens (including phenoxy) is 1. The molecule has 0 amide bonds. The van der Waals surface area contributed by atoms with Gasteiger partial charge < -0.3 is 9.72 Å². The summed E-state index contributed by atoms with van der Waals surface area (Å²) in [5, 5.41) is 1.26. The fraction of sp³-hybridized carbons (Fsp3) is 0.333. The number of benzene rings is 1. The quantitative estimate of drug-likeness (QED) is 0.779. The highest BCUT2D eigenvalue weighted by Gasteiger charge is 2.11. The third-order valence-corrected chi connectivity index (χ3v) is 3.18. The lowest BCUT2D eigenvalue weighted by Gasteiger charge is -2.09. The largest absolute Gasteiger partial charge is 0.497 e. The zero-order valence-corrected chi connectivity index (χ0v) is 10.7. The highest BCUT2D eigenvalue weighted by molar-refractivity contribution is 5.85. The van der Waals surface area contributed by atoms with E-state index in [9.17, 15) is 0 Å². The summed E-state index contributed by atoms with van der Waals surface area (Å²) < 4.78 is 5.29. The first kappa shape index (κ1) is 11.8. The minimum absolute atomic E-state index is 0.473. The van der Waals surface area contributed by atoms with Crippen molar-refractivity contribution in [3.05, 3.63) is 42.1 Å². The maximum Gasteiger partial charge on any atom is 0.119 e. The van der Waals surface area contributed by atoms with E-state index in [-0.39, 0.29) is 0 Å². The molecule has 1 N–H and O–H groups in total. The number of rotatable bonds is 4. The summed E-state index contributed by atoms with van der Waals surface area (Å²) in [6, 6.07) is 6.16. The third kappa shape index (κ3) is 2.21. The van der Waals surface area contributed by atoms with E-state index in [0.29, 0.717) is 5.92 Å². The van der Waals surface area contributed by atoms with Gasteiger partial charge >= 0.3 is 0 Å². The van der Waals surface area contributed by atoms with Gasteiger partial charge in [-0.15, -0.1) is 0 Å². The van der Waals surface area contributed by atoms with Crippen molar-refractivity contribution >= 4 is 10.9 Å². The van der Waals surface area contributed by atoms with Crippen molar-refractivity contribution in [2.45, 2.75) is 26.2 Å². The molecule has 0 aliphatic rings. The van der Waals surface area contributed by atoms with Gasteiger partial charge in [0.1, 0.15) is 5.75 Å². The number of aromatic nitrogens is 1. The molecule has 1 heterocycles. The Morgan fingerprint density at radius 2 is 2.24 bits per heavy atom. The van der Waals surface area contributed by atoms with E-state index < -0.39 is 0 Å². The van der Waals surface area contributed by atoms with E-state index in [2.05, 4.69) is 49.3 Å². The van der Waals surface area contributed by atoms with Gasteiger partial charge in [0, 0.05) is 23.0 Å². The topological polar surface area (TPSA) is 25.0 Å². The Labute approximate surface area is 102 Å². The van der Waals surface area contributed by atoms with Crippen LogP contribution in [0.5, 0.6) is 5.75 Å². The van der Waals surface area contributed by atoms with Crippen molar-refractivity contribution in [2.75, 3.05) is 7.11 Å².